The summed E-state index contributed by atoms with van der Waals surface area (Å²) in [4.78, 5) is 34.6. The number of fused-ring (bicyclic) bond motifs is 2. The lowest BCUT2D eigenvalue weighted by Crippen LogP contribution is -2.64. The van der Waals surface area contributed by atoms with Crippen molar-refractivity contribution in [3.63, 3.8) is 0 Å². The van der Waals surface area contributed by atoms with Crippen molar-refractivity contribution in [1.29, 1.82) is 0 Å². The summed E-state index contributed by atoms with van der Waals surface area (Å²) >= 11 is 13.8. The van der Waals surface area contributed by atoms with Crippen LogP contribution in [0, 0.1) is 5.41 Å². The number of carbonyl (C=O) groups excluding carboxylic acids is 2. The van der Waals surface area contributed by atoms with Gasteiger partial charge in [0.2, 0.25) is 0 Å². The summed E-state index contributed by atoms with van der Waals surface area (Å²) in [7, 11) is 0. The highest BCUT2D eigenvalue weighted by molar-refractivity contribution is 6.42. The summed E-state index contributed by atoms with van der Waals surface area (Å²) in [5.41, 5.74) is 3.72. The van der Waals surface area contributed by atoms with E-state index in [1.165, 1.54) is 4.68 Å². The van der Waals surface area contributed by atoms with Gasteiger partial charge < -0.3 is 23.8 Å². The van der Waals surface area contributed by atoms with Gasteiger partial charge in [0.15, 0.2) is 6.04 Å². The van der Waals surface area contributed by atoms with Crippen molar-refractivity contribution in [2.24, 2.45) is 5.41 Å². The summed E-state index contributed by atoms with van der Waals surface area (Å²) in [5, 5.41) is 6.13. The quantitative estimate of drug-likeness (QED) is 0.199. The number of ether oxygens (including phenoxy) is 2. The largest absolute Gasteiger partial charge is 0.464 e. The van der Waals surface area contributed by atoms with Crippen LogP contribution in [0.1, 0.15) is 58.0 Å². The van der Waals surface area contributed by atoms with Gasteiger partial charge in [0.25, 0.3) is 0 Å². The Bertz CT molecular complexity index is 1880. The summed E-state index contributed by atoms with van der Waals surface area (Å²) in [6.45, 7) is 10.9. The Morgan fingerprint density at radius 1 is 1.15 bits per heavy atom. The first-order valence-corrected chi connectivity index (χ1v) is 17.1. The molecule has 48 heavy (non-hydrogen) atoms. The third kappa shape index (κ3) is 6.00. The molecule has 2 saturated heterocycles. The number of carbonyl (C=O) groups is 2. The minimum atomic E-state index is -1.04. The number of amides is 1. The highest BCUT2D eigenvalue weighted by Gasteiger charge is 2.47. The lowest BCUT2D eigenvalue weighted by atomic mass is 9.73. The maximum atomic E-state index is 14.2. The molecule has 13 heteroatoms. The summed E-state index contributed by atoms with van der Waals surface area (Å²) < 4.78 is 28.5. The number of rotatable bonds is 6. The number of benzene rings is 2. The molecule has 3 aliphatic rings. The van der Waals surface area contributed by atoms with Crippen LogP contribution in [0.25, 0.3) is 22.0 Å². The zero-order chi connectivity index (χ0) is 34.0. The average molecular weight is 698 g/mol. The van der Waals surface area contributed by atoms with Crippen molar-refractivity contribution in [2.75, 3.05) is 37.7 Å². The van der Waals surface area contributed by atoms with Gasteiger partial charge in [-0.1, -0.05) is 35.3 Å². The molecule has 0 unspecified atom stereocenters. The Morgan fingerprint density at radius 3 is 2.60 bits per heavy atom. The monoisotopic (exact) mass is 696 g/mol. The number of esters is 1. The number of likely N-dealkylation sites (tertiary alicyclic amines) is 1. The number of anilines is 1. The molecule has 4 aromatic rings. The molecule has 0 bridgehead atoms. The van der Waals surface area contributed by atoms with E-state index in [2.05, 4.69) is 22.0 Å². The maximum absolute atomic E-state index is 14.2. The number of piperidine rings is 1. The SMILES string of the molecule is CCOC(=O)[C@@H](c1ncn2c1C[C@@H](F)C2)n1cc2c(Cl)cc(-c3ccc(N4CC5(CCCN(C(=O)OC(C)(C)C)C5)C4)cc3)c(Cl)c2n1. The van der Waals surface area contributed by atoms with E-state index in [-0.39, 0.29) is 31.1 Å². The van der Waals surface area contributed by atoms with Crippen LogP contribution in [-0.4, -0.2) is 80.9 Å². The van der Waals surface area contributed by atoms with Gasteiger partial charge in [-0.15, -0.1) is 0 Å². The van der Waals surface area contributed by atoms with Crippen molar-refractivity contribution in [3.8, 4) is 11.1 Å². The smallest absolute Gasteiger partial charge is 0.410 e. The van der Waals surface area contributed by atoms with Gasteiger partial charge in [0.05, 0.1) is 35.2 Å². The molecule has 0 saturated carbocycles. The molecule has 2 aromatic heterocycles. The Morgan fingerprint density at radius 2 is 1.90 bits per heavy atom. The van der Waals surface area contributed by atoms with Gasteiger partial charge in [-0.05, 0) is 64.3 Å². The van der Waals surface area contributed by atoms with Gasteiger partial charge in [-0.3, -0.25) is 4.68 Å². The molecule has 10 nitrogen and oxygen atoms in total. The van der Waals surface area contributed by atoms with Crippen molar-refractivity contribution in [3.05, 3.63) is 64.3 Å². The molecule has 254 valence electrons. The molecule has 1 spiro atoms. The highest BCUT2D eigenvalue weighted by atomic mass is 35.5. The van der Waals surface area contributed by atoms with E-state index in [4.69, 9.17) is 37.8 Å². The van der Waals surface area contributed by atoms with Gasteiger partial charge in [0.1, 0.15) is 17.3 Å². The minimum absolute atomic E-state index is 0.0696. The van der Waals surface area contributed by atoms with Crippen LogP contribution >= 0.6 is 23.2 Å². The summed E-state index contributed by atoms with van der Waals surface area (Å²) in [5.74, 6) is -0.546. The van der Waals surface area contributed by atoms with E-state index in [1.54, 1.807) is 30.1 Å². The number of aromatic nitrogens is 4. The van der Waals surface area contributed by atoms with E-state index >= 15 is 0 Å². The standard InChI is InChI=1S/C35H39Cl2FN6O4/c1-5-47-32(45)31(30-27-13-22(38)15-42(27)20-39-30)44-16-25-26(36)14-24(28(37)29(25)40-44)21-7-9-23(10-8-21)43-18-35(19-43)11-6-12-41(17-35)33(46)48-34(2,3)4/h7-10,14,16,20,22,31H,5-6,11-13,15,17-19H2,1-4H3/t22-,31-/m1/s1. The van der Waals surface area contributed by atoms with Crippen LogP contribution < -0.4 is 4.90 Å². The van der Waals surface area contributed by atoms with Crippen molar-refractivity contribution in [2.45, 2.75) is 71.3 Å². The fourth-order valence-electron chi connectivity index (χ4n) is 7.30. The molecule has 0 radical (unpaired) electrons. The molecule has 2 atom stereocenters. The van der Waals surface area contributed by atoms with Crippen LogP contribution in [0.5, 0.6) is 0 Å². The highest BCUT2D eigenvalue weighted by Crippen LogP contribution is 2.43. The van der Waals surface area contributed by atoms with Gasteiger partial charge in [-0.25, -0.2) is 19.0 Å². The second-order valence-corrected chi connectivity index (χ2v) is 15.0. The predicted molar refractivity (Wildman–Crippen MR) is 182 cm³/mol. The number of halogens is 3. The number of nitrogens with zero attached hydrogens (tertiary/aromatic N) is 6. The van der Waals surface area contributed by atoms with E-state index in [0.717, 1.165) is 43.7 Å². The number of hydrogen-bond donors (Lipinski definition) is 0. The molecule has 3 aliphatic heterocycles. The first-order valence-electron chi connectivity index (χ1n) is 16.4. The molecule has 2 fully saturated rings. The normalized spacial score (nSPS) is 19.4. The van der Waals surface area contributed by atoms with Crippen molar-refractivity contribution in [1.82, 2.24) is 24.2 Å². The third-order valence-electron chi connectivity index (χ3n) is 9.44. The second kappa shape index (κ2) is 12.2. The first-order chi connectivity index (χ1) is 22.8. The van der Waals surface area contributed by atoms with E-state index in [0.29, 0.717) is 44.4 Å². The van der Waals surface area contributed by atoms with Gasteiger partial charge in [0, 0.05) is 66.5 Å². The zero-order valence-corrected chi connectivity index (χ0v) is 29.0. The number of hydrogen-bond acceptors (Lipinski definition) is 7. The summed E-state index contributed by atoms with van der Waals surface area (Å²) in [6.07, 6.45) is 4.15. The van der Waals surface area contributed by atoms with Gasteiger partial charge >= 0.3 is 12.1 Å². The van der Waals surface area contributed by atoms with Crippen LogP contribution in [0.4, 0.5) is 14.9 Å². The van der Waals surface area contributed by atoms with Crippen LogP contribution in [0.3, 0.4) is 0 Å². The fraction of sp³-hybridized carbons (Fsp3) is 0.486. The number of imidazole rings is 1. The molecular weight excluding hydrogens is 658 g/mol. The molecule has 5 heterocycles. The molecule has 0 N–H and O–H groups in total. The zero-order valence-electron chi connectivity index (χ0n) is 27.5. The molecule has 2 aromatic carbocycles. The minimum Gasteiger partial charge on any atom is -0.464 e. The van der Waals surface area contributed by atoms with E-state index in [9.17, 15) is 14.0 Å². The van der Waals surface area contributed by atoms with Crippen LogP contribution in [0.15, 0.2) is 42.9 Å². The lowest BCUT2D eigenvalue weighted by molar-refractivity contribution is -0.146. The second-order valence-electron chi connectivity index (χ2n) is 14.2. The Labute approximate surface area is 288 Å². The van der Waals surface area contributed by atoms with E-state index in [1.807, 2.05) is 37.8 Å². The average Bonchev–Trinajstić information content (AvgIpc) is 3.73. The molecule has 7 rings (SSSR count). The maximum Gasteiger partial charge on any atom is 0.410 e. The molecular formula is C35H39Cl2FN6O4. The van der Waals surface area contributed by atoms with Gasteiger partial charge in [-0.2, -0.15) is 5.10 Å². The predicted octanol–water partition coefficient (Wildman–Crippen LogP) is 7.09. The van der Waals surface area contributed by atoms with Crippen LogP contribution in [0.2, 0.25) is 10.0 Å². The fourth-order valence-corrected chi connectivity index (χ4v) is 7.85. The third-order valence-corrected chi connectivity index (χ3v) is 10.1. The lowest BCUT2D eigenvalue weighted by Gasteiger charge is -2.55. The van der Waals surface area contributed by atoms with E-state index < -0.39 is 23.8 Å². The number of alkyl halides is 1. The molecule has 0 aliphatic carbocycles. The molecule has 1 amide bonds. The Hall–Kier alpha value is -3.83. The summed E-state index contributed by atoms with van der Waals surface area (Å²) in [6, 6.07) is 8.94. The topological polar surface area (TPSA) is 94.7 Å². The van der Waals surface area contributed by atoms with Crippen molar-refractivity contribution >= 4 is 51.9 Å². The van der Waals surface area contributed by atoms with Crippen molar-refractivity contribution < 1.29 is 23.5 Å². The Kier molecular flexibility index (Phi) is 8.35. The van der Waals surface area contributed by atoms with Crippen LogP contribution in [-0.2, 0) is 27.2 Å². The first kappa shape index (κ1) is 32.7. The Balaban J connectivity index is 1.11.